The number of carbonyl (C=O) groups is 1. The molecule has 32 heavy (non-hydrogen) atoms. The van der Waals surface area contributed by atoms with Gasteiger partial charge in [-0.05, 0) is 37.6 Å². The van der Waals surface area contributed by atoms with Crippen LogP contribution in [0.15, 0.2) is 37.2 Å². The van der Waals surface area contributed by atoms with Gasteiger partial charge in [-0.3, -0.25) is 4.79 Å². The number of anilines is 2. The maximum Gasteiger partial charge on any atom is 0.246 e. The zero-order valence-electron chi connectivity index (χ0n) is 18.1. The van der Waals surface area contributed by atoms with Crippen LogP contribution < -0.4 is 15.4 Å². The number of nitrogens with one attached hydrogen (secondary N) is 1. The van der Waals surface area contributed by atoms with Crippen molar-refractivity contribution in [2.75, 3.05) is 36.8 Å². The second kappa shape index (κ2) is 8.62. The normalized spacial score (nSPS) is 13.8. The zero-order valence-corrected chi connectivity index (χ0v) is 18.1. The van der Waals surface area contributed by atoms with Gasteiger partial charge in [-0.25, -0.2) is 15.0 Å². The molecule has 3 heterocycles. The highest BCUT2D eigenvalue weighted by Crippen LogP contribution is 2.35. The molecule has 2 aromatic heterocycles. The van der Waals surface area contributed by atoms with Gasteiger partial charge in [-0.15, -0.1) is 0 Å². The summed E-state index contributed by atoms with van der Waals surface area (Å²) in [6.45, 7) is 9.82. The van der Waals surface area contributed by atoms with E-state index < -0.39 is 0 Å². The summed E-state index contributed by atoms with van der Waals surface area (Å²) in [6, 6.07) is 5.53. The van der Waals surface area contributed by atoms with Crippen LogP contribution >= 0.6 is 0 Å². The van der Waals surface area contributed by atoms with Crippen molar-refractivity contribution in [3.63, 3.8) is 0 Å². The monoisotopic (exact) mass is 431 g/mol. The molecule has 1 aliphatic rings. The number of piperazine rings is 1. The second-order valence-electron chi connectivity index (χ2n) is 7.64. The number of carbonyl (C=O) groups excluding carboxylic acids is 1. The Hall–Kier alpha value is -4.01. The predicted octanol–water partition coefficient (Wildman–Crippen LogP) is 2.85. The number of nitrogens with two attached hydrogens (primary N) is 1. The molecule has 0 atom stereocenters. The molecule has 9 nitrogen and oxygen atoms in total. The van der Waals surface area contributed by atoms with Gasteiger partial charge >= 0.3 is 0 Å². The molecule has 3 N–H and O–H groups in total. The Kier molecular flexibility index (Phi) is 5.72. The minimum Gasteiger partial charge on any atom is -0.436 e. The maximum absolute atomic E-state index is 11.9. The number of hydrogen-bond acceptors (Lipinski definition) is 8. The summed E-state index contributed by atoms with van der Waals surface area (Å²) < 4.78 is 6.20. The van der Waals surface area contributed by atoms with E-state index in [4.69, 9.17) is 15.9 Å². The SMILES string of the molecule is C=CC(=O)N1CCN(c2ncnc3c(Oc4c(C)ccc(N)c4C=N)nc(C)cc23)CC1. The Bertz CT molecular complexity index is 1220. The average Bonchev–Trinajstić information content (AvgIpc) is 2.80. The predicted molar refractivity (Wildman–Crippen MR) is 125 cm³/mol. The van der Waals surface area contributed by atoms with Crippen molar-refractivity contribution in [1.82, 2.24) is 19.9 Å². The number of rotatable bonds is 5. The molecule has 0 bridgehead atoms. The Morgan fingerprint density at radius 1 is 1.22 bits per heavy atom. The van der Waals surface area contributed by atoms with Gasteiger partial charge in [0.15, 0.2) is 0 Å². The molecule has 9 heteroatoms. The average molecular weight is 432 g/mol. The van der Waals surface area contributed by atoms with Gasteiger partial charge in [0.2, 0.25) is 11.8 Å². The number of aryl methyl sites for hydroxylation is 2. The molecule has 3 aromatic rings. The minimum absolute atomic E-state index is 0.0626. The number of pyridine rings is 1. The summed E-state index contributed by atoms with van der Waals surface area (Å²) >= 11 is 0. The number of benzene rings is 1. The van der Waals surface area contributed by atoms with Gasteiger partial charge in [0.1, 0.15) is 23.4 Å². The van der Waals surface area contributed by atoms with Crippen molar-refractivity contribution in [3.05, 3.63) is 54.0 Å². The van der Waals surface area contributed by atoms with Crippen LogP contribution in [0.1, 0.15) is 16.8 Å². The first-order valence-electron chi connectivity index (χ1n) is 10.3. The van der Waals surface area contributed by atoms with Crippen LogP contribution in [0.25, 0.3) is 10.9 Å². The van der Waals surface area contributed by atoms with Crippen molar-refractivity contribution in [3.8, 4) is 11.6 Å². The molecule has 0 aliphatic carbocycles. The van der Waals surface area contributed by atoms with E-state index in [1.807, 2.05) is 26.0 Å². The Morgan fingerprint density at radius 2 is 1.97 bits per heavy atom. The molecule has 1 saturated heterocycles. The number of ether oxygens (including phenoxy) is 1. The molecule has 164 valence electrons. The highest BCUT2D eigenvalue weighted by molar-refractivity contribution is 5.94. The maximum atomic E-state index is 11.9. The molecule has 0 radical (unpaired) electrons. The molecule has 1 aliphatic heterocycles. The molecule has 0 spiro atoms. The van der Waals surface area contributed by atoms with Crippen molar-refractivity contribution < 1.29 is 9.53 Å². The lowest BCUT2D eigenvalue weighted by molar-refractivity contribution is -0.126. The van der Waals surface area contributed by atoms with E-state index in [9.17, 15) is 4.79 Å². The number of aromatic nitrogens is 3. The summed E-state index contributed by atoms with van der Waals surface area (Å²) in [5.74, 6) is 1.53. The third kappa shape index (κ3) is 3.84. The molecule has 1 aromatic carbocycles. The molecule has 1 fully saturated rings. The van der Waals surface area contributed by atoms with Crippen molar-refractivity contribution >= 4 is 34.5 Å². The summed E-state index contributed by atoms with van der Waals surface area (Å²) in [4.78, 5) is 29.3. The van der Waals surface area contributed by atoms with E-state index in [1.165, 1.54) is 18.6 Å². The quantitative estimate of drug-likeness (QED) is 0.362. The Balaban J connectivity index is 1.74. The number of fused-ring (bicyclic) bond motifs is 1. The first-order chi connectivity index (χ1) is 15.4. The van der Waals surface area contributed by atoms with Crippen LogP contribution in [0, 0.1) is 19.3 Å². The van der Waals surface area contributed by atoms with Crippen LogP contribution in [0.5, 0.6) is 11.6 Å². The standard InChI is InChI=1S/C23H25N7O2/c1-4-19(31)29-7-9-30(10-8-29)22-16-11-15(3)28-23(20(16)26-13-27-22)32-21-14(2)5-6-18(25)17(21)12-24/h4-6,11-13,24H,1,7-10,25H2,2-3H3. The van der Waals surface area contributed by atoms with E-state index in [-0.39, 0.29) is 5.91 Å². The van der Waals surface area contributed by atoms with E-state index in [0.29, 0.717) is 54.6 Å². The van der Waals surface area contributed by atoms with Crippen LogP contribution in [-0.4, -0.2) is 58.2 Å². The van der Waals surface area contributed by atoms with Crippen molar-refractivity contribution in [2.45, 2.75) is 13.8 Å². The summed E-state index contributed by atoms with van der Waals surface area (Å²) in [5, 5.41) is 8.57. The Morgan fingerprint density at radius 3 is 2.66 bits per heavy atom. The molecule has 0 unspecified atom stereocenters. The number of nitrogens with zero attached hydrogens (tertiary/aromatic N) is 5. The van der Waals surface area contributed by atoms with Gasteiger partial charge in [0.05, 0.1) is 10.9 Å². The van der Waals surface area contributed by atoms with Crippen molar-refractivity contribution in [2.24, 2.45) is 0 Å². The summed E-state index contributed by atoms with van der Waals surface area (Å²) in [5.41, 5.74) is 9.16. The van der Waals surface area contributed by atoms with Crippen LogP contribution in [0.3, 0.4) is 0 Å². The van der Waals surface area contributed by atoms with E-state index in [0.717, 1.165) is 22.5 Å². The topological polar surface area (TPSA) is 121 Å². The fourth-order valence-corrected chi connectivity index (χ4v) is 3.84. The molecule has 4 rings (SSSR count). The van der Waals surface area contributed by atoms with Gasteiger partial charge in [-0.1, -0.05) is 12.6 Å². The number of nitrogen functional groups attached to an aromatic ring is 1. The largest absolute Gasteiger partial charge is 0.436 e. The third-order valence-electron chi connectivity index (χ3n) is 5.53. The number of amides is 1. The smallest absolute Gasteiger partial charge is 0.246 e. The van der Waals surface area contributed by atoms with Gasteiger partial charge in [0.25, 0.3) is 0 Å². The van der Waals surface area contributed by atoms with E-state index in [2.05, 4.69) is 26.4 Å². The van der Waals surface area contributed by atoms with Crippen molar-refractivity contribution in [1.29, 1.82) is 5.41 Å². The van der Waals surface area contributed by atoms with Crippen LogP contribution in [0.4, 0.5) is 11.5 Å². The van der Waals surface area contributed by atoms with E-state index >= 15 is 0 Å². The lowest BCUT2D eigenvalue weighted by atomic mass is 10.1. The van der Waals surface area contributed by atoms with Crippen LogP contribution in [-0.2, 0) is 4.79 Å². The summed E-state index contributed by atoms with van der Waals surface area (Å²) in [7, 11) is 0. The fourth-order valence-electron chi connectivity index (χ4n) is 3.84. The lowest BCUT2D eigenvalue weighted by Gasteiger charge is -2.35. The molecule has 1 amide bonds. The second-order valence-corrected chi connectivity index (χ2v) is 7.64. The fraction of sp³-hybridized carbons (Fsp3) is 0.261. The minimum atomic E-state index is -0.0626. The first kappa shape index (κ1) is 21.2. The summed E-state index contributed by atoms with van der Waals surface area (Å²) in [6.07, 6.45) is 4.02. The third-order valence-corrected chi connectivity index (χ3v) is 5.53. The van der Waals surface area contributed by atoms with Gasteiger partial charge in [0, 0.05) is 43.8 Å². The van der Waals surface area contributed by atoms with Gasteiger partial charge in [-0.2, -0.15) is 0 Å². The number of hydrogen-bond donors (Lipinski definition) is 2. The Labute approximate surface area is 186 Å². The lowest BCUT2D eigenvalue weighted by Crippen LogP contribution is -2.48. The highest BCUT2D eigenvalue weighted by atomic mass is 16.5. The van der Waals surface area contributed by atoms with Crippen LogP contribution in [0.2, 0.25) is 0 Å². The van der Waals surface area contributed by atoms with E-state index in [1.54, 1.807) is 11.0 Å². The molecular weight excluding hydrogens is 406 g/mol. The first-order valence-corrected chi connectivity index (χ1v) is 10.3. The van der Waals surface area contributed by atoms with Gasteiger partial charge < -0.3 is 25.7 Å². The zero-order chi connectivity index (χ0) is 22.8. The highest BCUT2D eigenvalue weighted by Gasteiger charge is 2.23. The molecule has 0 saturated carbocycles. The molecular formula is C23H25N7O2.